The summed E-state index contributed by atoms with van der Waals surface area (Å²) in [6, 6.07) is 8.83. The molecular formula is C9H14O8P2. The molecule has 0 aliphatic rings. The fourth-order valence-corrected chi connectivity index (χ4v) is 2.34. The molecule has 10 heteroatoms. The highest BCUT2D eigenvalue weighted by atomic mass is 31.2. The molecule has 8 nitrogen and oxygen atoms in total. The van der Waals surface area contributed by atoms with Gasteiger partial charge in [-0.2, -0.15) is 0 Å². The van der Waals surface area contributed by atoms with Crippen molar-refractivity contribution < 1.29 is 37.8 Å². The predicted octanol–water partition coefficient (Wildman–Crippen LogP) is 1.16. The van der Waals surface area contributed by atoms with Crippen LogP contribution in [0.25, 0.3) is 0 Å². The van der Waals surface area contributed by atoms with Gasteiger partial charge in [-0.15, -0.1) is 0 Å². The molecule has 0 bridgehead atoms. The van der Waals surface area contributed by atoms with Crippen molar-refractivity contribution in [1.82, 2.24) is 0 Å². The quantitative estimate of drug-likeness (QED) is 0.435. The minimum absolute atomic E-state index is 0.111. The van der Waals surface area contributed by atoms with Gasteiger partial charge in [0.1, 0.15) is 0 Å². The Hall–Kier alpha value is -0.560. The van der Waals surface area contributed by atoms with Crippen molar-refractivity contribution in [3.05, 3.63) is 35.9 Å². The van der Waals surface area contributed by atoms with E-state index >= 15 is 0 Å². The summed E-state index contributed by atoms with van der Waals surface area (Å²) in [5, 5.41) is 0. The van der Waals surface area contributed by atoms with E-state index in [0.717, 1.165) is 5.56 Å². The highest BCUT2D eigenvalue weighted by Gasteiger charge is 2.29. The van der Waals surface area contributed by atoms with Crippen molar-refractivity contribution in [2.24, 2.45) is 0 Å². The summed E-state index contributed by atoms with van der Waals surface area (Å²) in [7, 11) is -9.80. The van der Waals surface area contributed by atoms with Gasteiger partial charge in [0.15, 0.2) is 6.29 Å². The Labute approximate surface area is 109 Å². The van der Waals surface area contributed by atoms with Crippen LogP contribution in [0, 0.1) is 0 Å². The first kappa shape index (κ1) is 16.5. The molecule has 0 spiro atoms. The monoisotopic (exact) mass is 312 g/mol. The van der Waals surface area contributed by atoms with Crippen LogP contribution in [0.15, 0.2) is 30.3 Å². The fourth-order valence-electron chi connectivity index (χ4n) is 1.36. The molecule has 0 atom stereocenters. The van der Waals surface area contributed by atoms with E-state index in [-0.39, 0.29) is 12.8 Å². The Kier molecular flexibility index (Phi) is 5.85. The van der Waals surface area contributed by atoms with Gasteiger partial charge in [-0.3, -0.25) is 9.05 Å². The zero-order chi connectivity index (χ0) is 14.5. The molecule has 0 heterocycles. The van der Waals surface area contributed by atoms with Crippen LogP contribution >= 0.6 is 15.6 Å². The molecule has 0 saturated heterocycles. The zero-order valence-electron chi connectivity index (χ0n) is 9.69. The van der Waals surface area contributed by atoms with Gasteiger partial charge >= 0.3 is 15.6 Å². The van der Waals surface area contributed by atoms with E-state index in [2.05, 4.69) is 9.05 Å². The summed E-state index contributed by atoms with van der Waals surface area (Å²) < 4.78 is 29.7. The lowest BCUT2D eigenvalue weighted by atomic mass is 10.1. The second-order valence-corrected chi connectivity index (χ2v) is 6.03. The van der Waals surface area contributed by atoms with E-state index in [0.29, 0.717) is 0 Å². The van der Waals surface area contributed by atoms with E-state index in [4.69, 9.17) is 19.6 Å². The number of rotatable bonds is 7. The molecule has 0 amide bonds. The Bertz CT molecular complexity index is 454. The van der Waals surface area contributed by atoms with Gasteiger partial charge in [0, 0.05) is 6.42 Å². The summed E-state index contributed by atoms with van der Waals surface area (Å²) in [6.07, 6.45) is -1.52. The Morgan fingerprint density at radius 2 is 1.42 bits per heavy atom. The molecule has 1 rings (SSSR count). The standard InChI is InChI=1S/C9H14O8P2/c10-18(11,12)16-9(17-19(13,14)15)7-6-8-4-2-1-3-5-8/h1-5,9H,6-7H2,(H2,10,11,12)(H2,13,14,15). The first-order valence-electron chi connectivity index (χ1n) is 5.17. The van der Waals surface area contributed by atoms with Crippen LogP contribution in [-0.4, -0.2) is 25.9 Å². The van der Waals surface area contributed by atoms with Crippen LogP contribution in [0.2, 0.25) is 0 Å². The van der Waals surface area contributed by atoms with Gasteiger partial charge in [-0.1, -0.05) is 30.3 Å². The zero-order valence-corrected chi connectivity index (χ0v) is 11.5. The van der Waals surface area contributed by atoms with Crippen molar-refractivity contribution in [1.29, 1.82) is 0 Å². The number of phosphoric ester groups is 2. The van der Waals surface area contributed by atoms with Gasteiger partial charge in [0.2, 0.25) is 0 Å². The van der Waals surface area contributed by atoms with Crippen LogP contribution in [-0.2, 0) is 24.6 Å². The summed E-state index contributed by atoms with van der Waals surface area (Å²) >= 11 is 0. The highest BCUT2D eigenvalue weighted by molar-refractivity contribution is 7.47. The van der Waals surface area contributed by atoms with Crippen molar-refractivity contribution in [2.45, 2.75) is 19.1 Å². The van der Waals surface area contributed by atoms with Crippen molar-refractivity contribution in [2.75, 3.05) is 0 Å². The van der Waals surface area contributed by atoms with E-state index in [9.17, 15) is 9.13 Å². The molecule has 0 aliphatic heterocycles. The molecule has 1 aromatic carbocycles. The van der Waals surface area contributed by atoms with E-state index < -0.39 is 21.9 Å². The number of benzene rings is 1. The molecule has 0 saturated carbocycles. The maximum Gasteiger partial charge on any atom is 0.471 e. The Morgan fingerprint density at radius 1 is 0.947 bits per heavy atom. The second-order valence-electron chi connectivity index (χ2n) is 3.65. The summed E-state index contributed by atoms with van der Waals surface area (Å²) in [5.41, 5.74) is 0.816. The maximum absolute atomic E-state index is 10.7. The van der Waals surface area contributed by atoms with Gasteiger partial charge in [-0.25, -0.2) is 9.13 Å². The topological polar surface area (TPSA) is 134 Å². The van der Waals surface area contributed by atoms with Crippen LogP contribution in [0.1, 0.15) is 12.0 Å². The molecule has 1 aromatic rings. The van der Waals surface area contributed by atoms with Crippen LogP contribution in [0.5, 0.6) is 0 Å². The number of phosphoric acid groups is 2. The third-order valence-electron chi connectivity index (χ3n) is 2.02. The molecule has 0 radical (unpaired) electrons. The molecule has 108 valence electrons. The molecule has 0 fully saturated rings. The SMILES string of the molecule is O=P(O)(O)OC(CCc1ccccc1)OP(=O)(O)O. The summed E-state index contributed by atoms with van der Waals surface area (Å²) in [5.74, 6) is 0. The first-order valence-corrected chi connectivity index (χ1v) is 8.23. The summed E-state index contributed by atoms with van der Waals surface area (Å²) in [6.45, 7) is 0. The van der Waals surface area contributed by atoms with Gasteiger partial charge in [0.25, 0.3) is 0 Å². The first-order chi connectivity index (χ1) is 8.66. The molecule has 0 aromatic heterocycles. The van der Waals surface area contributed by atoms with Crippen molar-refractivity contribution in [3.8, 4) is 0 Å². The van der Waals surface area contributed by atoms with Crippen LogP contribution in [0.3, 0.4) is 0 Å². The second kappa shape index (κ2) is 6.74. The average Bonchev–Trinajstić information content (AvgIpc) is 2.23. The summed E-state index contributed by atoms with van der Waals surface area (Å²) in [4.78, 5) is 34.6. The third-order valence-corrected chi connectivity index (χ3v) is 3.04. The number of aryl methyl sites for hydroxylation is 1. The lowest BCUT2D eigenvalue weighted by molar-refractivity contribution is -0.0375. The van der Waals surface area contributed by atoms with Crippen LogP contribution < -0.4 is 0 Å². The maximum atomic E-state index is 10.7. The predicted molar refractivity (Wildman–Crippen MR) is 64.8 cm³/mol. The molecular weight excluding hydrogens is 298 g/mol. The lowest BCUT2D eigenvalue weighted by Gasteiger charge is -2.18. The van der Waals surface area contributed by atoms with Crippen molar-refractivity contribution >= 4 is 15.6 Å². The average molecular weight is 312 g/mol. The van der Waals surface area contributed by atoms with Crippen LogP contribution in [0.4, 0.5) is 0 Å². The number of hydrogen-bond acceptors (Lipinski definition) is 4. The van der Waals surface area contributed by atoms with Gasteiger partial charge in [-0.05, 0) is 12.0 Å². The number of hydrogen-bond donors (Lipinski definition) is 4. The molecule has 19 heavy (non-hydrogen) atoms. The third kappa shape index (κ3) is 8.26. The largest absolute Gasteiger partial charge is 0.471 e. The minimum Gasteiger partial charge on any atom is -0.303 e. The van der Waals surface area contributed by atoms with Gasteiger partial charge < -0.3 is 19.6 Å². The minimum atomic E-state index is -4.90. The fraction of sp³-hybridized carbons (Fsp3) is 0.333. The van der Waals surface area contributed by atoms with E-state index in [1.165, 1.54) is 0 Å². The smallest absolute Gasteiger partial charge is 0.303 e. The normalized spacial score (nSPS) is 12.9. The Morgan fingerprint density at radius 3 is 1.84 bits per heavy atom. The molecule has 0 unspecified atom stereocenters. The Balaban J connectivity index is 2.64. The molecule has 4 N–H and O–H groups in total. The lowest BCUT2D eigenvalue weighted by Crippen LogP contribution is -2.15. The highest BCUT2D eigenvalue weighted by Crippen LogP contribution is 2.45. The van der Waals surface area contributed by atoms with Gasteiger partial charge in [0.05, 0.1) is 0 Å². The van der Waals surface area contributed by atoms with E-state index in [1.54, 1.807) is 30.3 Å². The van der Waals surface area contributed by atoms with Crippen molar-refractivity contribution in [3.63, 3.8) is 0 Å². The van der Waals surface area contributed by atoms with E-state index in [1.807, 2.05) is 0 Å². The molecule has 0 aliphatic carbocycles.